The molecule has 8 heteroatoms. The number of unbranched alkanes of at least 4 members (excludes halogenated alkanes) is 2. The molecule has 0 aliphatic rings. The molecule has 2 aromatic rings. The molecule has 1 aromatic heterocycles. The molecule has 0 spiro atoms. The van der Waals surface area contributed by atoms with Crippen molar-refractivity contribution in [2.45, 2.75) is 26.2 Å². The Hall–Kier alpha value is -1.08. The molecule has 2 N–H and O–H groups in total. The van der Waals surface area contributed by atoms with E-state index in [0.717, 1.165) is 19.3 Å². The van der Waals surface area contributed by atoms with E-state index in [9.17, 15) is 4.55 Å². The molecule has 0 aliphatic carbocycles. The summed E-state index contributed by atoms with van der Waals surface area (Å²) in [6.07, 6.45) is 3.23. The maximum Gasteiger partial charge on any atom is 0.236 e. The Morgan fingerprint density at radius 3 is 2.67 bits per heavy atom. The van der Waals surface area contributed by atoms with Crippen LogP contribution in [0.25, 0.3) is 0 Å². The van der Waals surface area contributed by atoms with Crippen LogP contribution in [0.15, 0.2) is 23.2 Å². The van der Waals surface area contributed by atoms with Crippen molar-refractivity contribution < 1.29 is 4.55 Å². The Kier molecular flexibility index (Phi) is 6.05. The summed E-state index contributed by atoms with van der Waals surface area (Å²) in [5.41, 5.74) is 1.17. The van der Waals surface area contributed by atoms with E-state index in [1.165, 1.54) is 0 Å². The standard InChI is InChI=1S/C13H16Cl2N4OS/c1-2-3-4-5-16-12-13(19-21(20)18-12)17-11-7-9(14)6-10(15)8-11/h6-8H,2-5H2,1H3,(H,16,18)(H,17,19). The van der Waals surface area contributed by atoms with E-state index in [0.29, 0.717) is 33.6 Å². The molecule has 0 fully saturated rings. The minimum atomic E-state index is -1.50. The molecule has 2 rings (SSSR count). The van der Waals surface area contributed by atoms with E-state index < -0.39 is 11.1 Å². The van der Waals surface area contributed by atoms with Crippen LogP contribution in [0.2, 0.25) is 10.0 Å². The van der Waals surface area contributed by atoms with Gasteiger partial charge in [0.15, 0.2) is 11.1 Å². The van der Waals surface area contributed by atoms with Crippen LogP contribution in [0, 0.1) is 0 Å². The number of rotatable bonds is 6. The Labute approximate surface area is 136 Å². The van der Waals surface area contributed by atoms with Crippen molar-refractivity contribution in [3.63, 3.8) is 0 Å². The van der Waals surface area contributed by atoms with Crippen LogP contribution in [0.5, 0.6) is 0 Å². The first kappa shape index (κ1) is 16.3. The van der Waals surface area contributed by atoms with Crippen molar-refractivity contribution in [3.05, 3.63) is 33.7 Å². The molecular weight excluding hydrogens is 331 g/mol. The number of hydrogen-bond donors (Lipinski definition) is 2. The van der Waals surface area contributed by atoms with Crippen LogP contribution >= 0.6 is 34.3 Å². The van der Waals surface area contributed by atoms with Crippen molar-refractivity contribution >= 4 is 45.8 Å². The van der Waals surface area contributed by atoms with Crippen molar-refractivity contribution in [1.29, 1.82) is 0 Å². The van der Waals surface area contributed by atoms with Crippen LogP contribution in [0.4, 0.5) is 11.5 Å². The topological polar surface area (TPSA) is 76.1 Å². The average Bonchev–Trinajstić information content (AvgIpc) is 2.73. The van der Waals surface area contributed by atoms with Crippen molar-refractivity contribution in [1.82, 2.24) is 8.75 Å². The Morgan fingerprint density at radius 1 is 1.29 bits per heavy atom. The lowest BCUT2D eigenvalue weighted by atomic mass is 10.2. The molecule has 1 unspecified atom stereocenters. The molecule has 0 saturated heterocycles. The van der Waals surface area contributed by atoms with Crippen LogP contribution in [-0.4, -0.2) is 19.8 Å². The third kappa shape index (κ3) is 5.00. The highest BCUT2D eigenvalue weighted by molar-refractivity contribution is 7.13. The predicted octanol–water partition coefficient (Wildman–Crippen LogP) is 4.28. The number of benzene rings is 1. The number of hydrogen-bond acceptors (Lipinski definition) is 4. The van der Waals surface area contributed by atoms with Gasteiger partial charge in [0.25, 0.3) is 0 Å². The van der Waals surface area contributed by atoms with Gasteiger partial charge in [-0.15, -0.1) is 4.37 Å². The zero-order chi connectivity index (χ0) is 15.2. The van der Waals surface area contributed by atoms with Gasteiger partial charge in [0, 0.05) is 26.7 Å². The minimum Gasteiger partial charge on any atom is -0.548 e. The van der Waals surface area contributed by atoms with E-state index in [1.807, 2.05) is 0 Å². The van der Waals surface area contributed by atoms with E-state index in [2.05, 4.69) is 26.0 Å². The summed E-state index contributed by atoms with van der Waals surface area (Å²) in [6, 6.07) is 5.07. The van der Waals surface area contributed by atoms with Crippen molar-refractivity contribution in [3.8, 4) is 0 Å². The number of H-pyrrole nitrogens is 1. The summed E-state index contributed by atoms with van der Waals surface area (Å²) in [7, 11) is 0. The van der Waals surface area contributed by atoms with Gasteiger partial charge in [-0.25, -0.2) is 0 Å². The van der Waals surface area contributed by atoms with Crippen LogP contribution in [-0.2, 0) is 0 Å². The molecular formula is C13H16Cl2N4OS. The van der Waals surface area contributed by atoms with Crippen molar-refractivity contribution in [2.24, 2.45) is 4.99 Å². The highest BCUT2D eigenvalue weighted by Crippen LogP contribution is 2.24. The largest absolute Gasteiger partial charge is 0.548 e. The second kappa shape index (κ2) is 7.79. The molecule has 1 heterocycles. The molecule has 114 valence electrons. The predicted molar refractivity (Wildman–Crippen MR) is 86.9 cm³/mol. The zero-order valence-corrected chi connectivity index (χ0v) is 13.9. The van der Waals surface area contributed by atoms with Crippen molar-refractivity contribution in [2.75, 3.05) is 11.9 Å². The van der Waals surface area contributed by atoms with Gasteiger partial charge in [0.05, 0.1) is 0 Å². The second-order valence-electron chi connectivity index (χ2n) is 4.51. The summed E-state index contributed by atoms with van der Waals surface area (Å²) in [4.78, 5) is 4.39. The molecule has 0 radical (unpaired) electrons. The maximum atomic E-state index is 11.5. The first-order valence-corrected chi connectivity index (χ1v) is 8.50. The van der Waals surface area contributed by atoms with Gasteiger partial charge in [0.2, 0.25) is 11.3 Å². The molecule has 0 saturated carbocycles. The summed E-state index contributed by atoms with van der Waals surface area (Å²) in [5.74, 6) is 0.433. The highest BCUT2D eigenvalue weighted by atomic mass is 35.5. The first-order chi connectivity index (χ1) is 10.1. The van der Waals surface area contributed by atoms with E-state index >= 15 is 0 Å². The van der Waals surface area contributed by atoms with Gasteiger partial charge in [-0.1, -0.05) is 43.0 Å². The molecule has 5 nitrogen and oxygen atoms in total. The van der Waals surface area contributed by atoms with Crippen LogP contribution in [0.1, 0.15) is 26.2 Å². The van der Waals surface area contributed by atoms with Gasteiger partial charge < -0.3 is 9.87 Å². The highest BCUT2D eigenvalue weighted by Gasteiger charge is 2.09. The average molecular weight is 347 g/mol. The Morgan fingerprint density at radius 2 is 2.00 bits per heavy atom. The van der Waals surface area contributed by atoms with Crippen LogP contribution < -0.4 is 10.8 Å². The smallest absolute Gasteiger partial charge is 0.236 e. The second-order valence-corrected chi connectivity index (χ2v) is 6.27. The number of aromatic amines is 1. The fraction of sp³-hybridized carbons (Fsp3) is 0.385. The Balaban J connectivity index is 2.19. The third-order valence-electron chi connectivity index (χ3n) is 2.74. The molecule has 0 bridgehead atoms. The normalized spacial score (nSPS) is 12.8. The van der Waals surface area contributed by atoms with Gasteiger partial charge >= 0.3 is 0 Å². The first-order valence-electron chi connectivity index (χ1n) is 6.63. The molecule has 21 heavy (non-hydrogen) atoms. The quantitative estimate of drug-likeness (QED) is 0.605. The number of nitrogens with zero attached hydrogens (tertiary/aromatic N) is 2. The SMILES string of the molecule is CCCCCN=c1[nH][s+]([O-])nc1Nc1cc(Cl)cc(Cl)c1. The molecule has 0 aliphatic heterocycles. The summed E-state index contributed by atoms with van der Waals surface area (Å²) < 4.78 is 18.2. The Bertz CT molecular complexity index is 648. The summed E-state index contributed by atoms with van der Waals surface area (Å²) in [5, 5.41) is 4.06. The van der Waals surface area contributed by atoms with Gasteiger partial charge in [0.1, 0.15) is 0 Å². The van der Waals surface area contributed by atoms with E-state index in [4.69, 9.17) is 23.2 Å². The van der Waals surface area contributed by atoms with E-state index in [-0.39, 0.29) is 0 Å². The van der Waals surface area contributed by atoms with E-state index in [1.54, 1.807) is 18.2 Å². The molecule has 1 atom stereocenters. The number of aromatic nitrogens is 2. The fourth-order valence-corrected chi connectivity index (χ4v) is 2.98. The summed E-state index contributed by atoms with van der Waals surface area (Å²) in [6.45, 7) is 2.80. The molecule has 1 aromatic carbocycles. The van der Waals surface area contributed by atoms with Gasteiger partial charge in [-0.3, -0.25) is 4.99 Å². The van der Waals surface area contributed by atoms with Gasteiger partial charge in [-0.05, 0) is 24.6 Å². The number of halogens is 2. The fourth-order valence-electron chi connectivity index (χ4n) is 1.78. The molecule has 0 amide bonds. The zero-order valence-electron chi connectivity index (χ0n) is 11.5. The lowest BCUT2D eigenvalue weighted by Gasteiger charge is -2.02. The number of nitrogens with one attached hydrogen (secondary N) is 2. The third-order valence-corrected chi connectivity index (χ3v) is 3.89. The maximum absolute atomic E-state index is 11.5. The van der Waals surface area contributed by atoms with Gasteiger partial charge in [-0.2, -0.15) is 0 Å². The number of anilines is 2. The monoisotopic (exact) mass is 346 g/mol. The summed E-state index contributed by atoms with van der Waals surface area (Å²) >= 11 is 10.4. The minimum absolute atomic E-state index is 0.433. The lowest BCUT2D eigenvalue weighted by molar-refractivity contribution is 0.584. The lowest BCUT2D eigenvalue weighted by Crippen LogP contribution is -2.09. The van der Waals surface area contributed by atoms with Crippen LogP contribution in [0.3, 0.4) is 0 Å².